The summed E-state index contributed by atoms with van der Waals surface area (Å²) in [6.07, 6.45) is 1.91. The Morgan fingerprint density at radius 2 is 2.08 bits per heavy atom. The smallest absolute Gasteiger partial charge is 0.161 e. The van der Waals surface area contributed by atoms with Gasteiger partial charge in [-0.15, -0.1) is 11.8 Å². The van der Waals surface area contributed by atoms with Crippen molar-refractivity contribution in [2.24, 2.45) is 0 Å². The van der Waals surface area contributed by atoms with E-state index in [0.717, 1.165) is 10.5 Å². The van der Waals surface area contributed by atoms with Crippen molar-refractivity contribution in [3.05, 3.63) is 23.3 Å². The molecule has 0 saturated carbocycles. The zero-order chi connectivity index (χ0) is 10.0. The fourth-order valence-corrected chi connectivity index (χ4v) is 1.83. The van der Waals surface area contributed by atoms with Crippen LogP contribution in [0.25, 0.3) is 0 Å². The average molecular weight is 196 g/mol. The molecule has 0 atom stereocenters. The summed E-state index contributed by atoms with van der Waals surface area (Å²) in [6.45, 7) is 3.32. The van der Waals surface area contributed by atoms with Gasteiger partial charge in [0, 0.05) is 10.5 Å². The van der Waals surface area contributed by atoms with Gasteiger partial charge < -0.3 is 5.11 Å². The molecule has 0 spiro atoms. The van der Waals surface area contributed by atoms with Crippen molar-refractivity contribution in [2.45, 2.75) is 18.7 Å². The van der Waals surface area contributed by atoms with E-state index >= 15 is 0 Å². The van der Waals surface area contributed by atoms with Crippen LogP contribution in [0.15, 0.2) is 17.0 Å². The molecule has 0 unspecified atom stereocenters. The second-order valence-corrected chi connectivity index (χ2v) is 3.74. The number of rotatable bonds is 2. The largest absolute Gasteiger partial charge is 0.508 e. The minimum atomic E-state index is -0.0142. The first-order valence-corrected chi connectivity index (χ1v) is 5.17. The molecule has 70 valence electrons. The molecule has 0 aromatic heterocycles. The number of carbonyl (C=O) groups excluding carboxylic acids is 1. The number of hydrogen-bond acceptors (Lipinski definition) is 3. The summed E-state index contributed by atoms with van der Waals surface area (Å²) in [7, 11) is 0. The summed E-state index contributed by atoms with van der Waals surface area (Å²) in [4.78, 5) is 12.1. The Kier molecular flexibility index (Phi) is 2.98. The van der Waals surface area contributed by atoms with Crippen molar-refractivity contribution in [2.75, 3.05) is 6.26 Å². The highest BCUT2D eigenvalue weighted by Crippen LogP contribution is 2.28. The zero-order valence-electron chi connectivity index (χ0n) is 7.92. The van der Waals surface area contributed by atoms with Gasteiger partial charge in [-0.05, 0) is 37.8 Å². The number of carbonyl (C=O) groups is 1. The van der Waals surface area contributed by atoms with Crippen LogP contribution in [-0.2, 0) is 0 Å². The van der Waals surface area contributed by atoms with Crippen LogP contribution in [0.2, 0.25) is 0 Å². The second-order valence-electron chi connectivity index (χ2n) is 2.90. The van der Waals surface area contributed by atoms with E-state index in [2.05, 4.69) is 0 Å². The van der Waals surface area contributed by atoms with Crippen LogP contribution >= 0.6 is 11.8 Å². The molecule has 1 rings (SSSR count). The van der Waals surface area contributed by atoms with Crippen LogP contribution in [0.1, 0.15) is 22.8 Å². The van der Waals surface area contributed by atoms with Crippen LogP contribution in [-0.4, -0.2) is 17.1 Å². The third kappa shape index (κ3) is 2.04. The van der Waals surface area contributed by atoms with Gasteiger partial charge in [0.2, 0.25) is 0 Å². The topological polar surface area (TPSA) is 37.3 Å². The highest BCUT2D eigenvalue weighted by atomic mass is 32.2. The number of Topliss-reactive ketones (excluding diaryl/α,β-unsaturated/α-hetero) is 1. The Labute approximate surface area is 82.0 Å². The Bertz CT molecular complexity index is 345. The Morgan fingerprint density at radius 3 is 2.54 bits per heavy atom. The molecule has 0 amide bonds. The van der Waals surface area contributed by atoms with E-state index in [-0.39, 0.29) is 11.5 Å². The van der Waals surface area contributed by atoms with Gasteiger partial charge in [0.25, 0.3) is 0 Å². The number of hydrogen-bond donors (Lipinski definition) is 1. The fourth-order valence-electron chi connectivity index (χ4n) is 1.11. The zero-order valence-corrected chi connectivity index (χ0v) is 8.73. The van der Waals surface area contributed by atoms with Gasteiger partial charge in [-0.2, -0.15) is 0 Å². The molecule has 0 saturated heterocycles. The minimum absolute atomic E-state index is 0.0142. The third-order valence-electron chi connectivity index (χ3n) is 1.90. The number of phenols is 1. The van der Waals surface area contributed by atoms with E-state index in [0.29, 0.717) is 5.56 Å². The lowest BCUT2D eigenvalue weighted by Crippen LogP contribution is -1.95. The summed E-state index contributed by atoms with van der Waals surface area (Å²) in [5, 5.41) is 9.41. The number of ketones is 1. The number of aromatic hydroxyl groups is 1. The molecule has 3 heteroatoms. The summed E-state index contributed by atoms with van der Waals surface area (Å²) in [5.74, 6) is 0.169. The fraction of sp³-hybridized carbons (Fsp3) is 0.300. The molecule has 1 aromatic rings. The number of benzene rings is 1. The molecule has 13 heavy (non-hydrogen) atoms. The molecule has 0 heterocycles. The molecular weight excluding hydrogens is 184 g/mol. The summed E-state index contributed by atoms with van der Waals surface area (Å²) in [6, 6.07) is 3.36. The molecule has 0 aliphatic carbocycles. The normalized spacial score (nSPS) is 10.1. The van der Waals surface area contributed by atoms with E-state index in [1.807, 2.05) is 19.2 Å². The molecule has 0 radical (unpaired) electrons. The Balaban J connectivity index is 3.33. The summed E-state index contributed by atoms with van der Waals surface area (Å²) in [5.41, 5.74) is 1.39. The predicted octanol–water partition coefficient (Wildman–Crippen LogP) is 2.63. The Hall–Kier alpha value is -0.960. The van der Waals surface area contributed by atoms with Crippen LogP contribution in [0, 0.1) is 6.92 Å². The number of aryl methyl sites for hydroxylation is 1. The van der Waals surface area contributed by atoms with Crippen molar-refractivity contribution >= 4 is 17.5 Å². The van der Waals surface area contributed by atoms with Gasteiger partial charge in [-0.25, -0.2) is 0 Å². The first-order chi connectivity index (χ1) is 6.06. The van der Waals surface area contributed by atoms with Gasteiger partial charge >= 0.3 is 0 Å². The monoisotopic (exact) mass is 196 g/mol. The lowest BCUT2D eigenvalue weighted by atomic mass is 10.1. The van der Waals surface area contributed by atoms with E-state index in [9.17, 15) is 9.90 Å². The second kappa shape index (κ2) is 3.83. The van der Waals surface area contributed by atoms with Crippen LogP contribution in [0.4, 0.5) is 0 Å². The van der Waals surface area contributed by atoms with E-state index in [1.54, 1.807) is 0 Å². The van der Waals surface area contributed by atoms with Crippen molar-refractivity contribution in [3.8, 4) is 5.75 Å². The van der Waals surface area contributed by atoms with Crippen molar-refractivity contribution in [1.29, 1.82) is 0 Å². The maximum absolute atomic E-state index is 11.2. The molecular formula is C10H12O2S. The molecule has 1 aromatic carbocycles. The first kappa shape index (κ1) is 10.1. The van der Waals surface area contributed by atoms with Crippen LogP contribution < -0.4 is 0 Å². The highest BCUT2D eigenvalue weighted by Gasteiger charge is 2.09. The standard InChI is InChI=1S/C10H12O2S/c1-6-4-10(13-3)8(7(2)11)5-9(6)12/h4-5,12H,1-3H3. The maximum atomic E-state index is 11.2. The molecule has 1 N–H and O–H groups in total. The summed E-state index contributed by atoms with van der Waals surface area (Å²) >= 11 is 1.51. The molecule has 0 bridgehead atoms. The molecule has 0 aliphatic rings. The first-order valence-electron chi connectivity index (χ1n) is 3.94. The van der Waals surface area contributed by atoms with Gasteiger partial charge in [-0.3, -0.25) is 4.79 Å². The molecule has 2 nitrogen and oxygen atoms in total. The van der Waals surface area contributed by atoms with Crippen molar-refractivity contribution in [3.63, 3.8) is 0 Å². The Morgan fingerprint density at radius 1 is 1.46 bits per heavy atom. The SMILES string of the molecule is CSc1cc(C)c(O)cc1C(C)=O. The minimum Gasteiger partial charge on any atom is -0.508 e. The number of thioether (sulfide) groups is 1. The maximum Gasteiger partial charge on any atom is 0.161 e. The third-order valence-corrected chi connectivity index (χ3v) is 2.67. The van der Waals surface area contributed by atoms with E-state index < -0.39 is 0 Å². The average Bonchev–Trinajstić information content (AvgIpc) is 2.08. The van der Waals surface area contributed by atoms with Gasteiger partial charge in [0.15, 0.2) is 5.78 Å². The highest BCUT2D eigenvalue weighted by molar-refractivity contribution is 7.98. The summed E-state index contributed by atoms with van der Waals surface area (Å²) < 4.78 is 0. The molecule has 0 fully saturated rings. The number of phenolic OH excluding ortho intramolecular Hbond substituents is 1. The lowest BCUT2D eigenvalue weighted by molar-refractivity contribution is 0.101. The van der Waals surface area contributed by atoms with E-state index in [1.165, 1.54) is 24.8 Å². The van der Waals surface area contributed by atoms with Gasteiger partial charge in [-0.1, -0.05) is 0 Å². The molecule has 0 aliphatic heterocycles. The van der Waals surface area contributed by atoms with Gasteiger partial charge in [0.05, 0.1) is 0 Å². The van der Waals surface area contributed by atoms with Crippen LogP contribution in [0.5, 0.6) is 5.75 Å². The van der Waals surface area contributed by atoms with E-state index in [4.69, 9.17) is 0 Å². The quantitative estimate of drug-likeness (QED) is 0.583. The lowest BCUT2D eigenvalue weighted by Gasteiger charge is -2.06. The van der Waals surface area contributed by atoms with Crippen LogP contribution in [0.3, 0.4) is 0 Å². The van der Waals surface area contributed by atoms with Gasteiger partial charge in [0.1, 0.15) is 5.75 Å². The van der Waals surface area contributed by atoms with Crippen molar-refractivity contribution in [1.82, 2.24) is 0 Å². The van der Waals surface area contributed by atoms with Crippen molar-refractivity contribution < 1.29 is 9.90 Å². The predicted molar refractivity (Wildman–Crippen MR) is 54.6 cm³/mol.